The maximum Gasteiger partial charge on any atom is 0.341 e. The number of benzene rings is 2. The fraction of sp³-hybridized carbons (Fsp3) is 0.344. The summed E-state index contributed by atoms with van der Waals surface area (Å²) >= 11 is 2.97. The molecule has 4 aromatic rings. The molecule has 1 aliphatic carbocycles. The normalized spacial score (nSPS) is 12.7. The number of aryl methyl sites for hydroxylation is 3. The van der Waals surface area contributed by atoms with E-state index in [1.54, 1.807) is 6.92 Å². The monoisotopic (exact) mass is 589 g/mol. The predicted octanol–water partition coefficient (Wildman–Crippen LogP) is 6.54. The maximum atomic E-state index is 13.1. The van der Waals surface area contributed by atoms with Gasteiger partial charge in [0, 0.05) is 45.5 Å². The van der Waals surface area contributed by atoms with Crippen molar-refractivity contribution in [2.75, 3.05) is 24.2 Å². The Morgan fingerprint density at radius 3 is 2.66 bits per heavy atom. The van der Waals surface area contributed by atoms with Gasteiger partial charge in [-0.1, -0.05) is 24.3 Å². The van der Waals surface area contributed by atoms with Gasteiger partial charge < -0.3 is 19.9 Å². The van der Waals surface area contributed by atoms with Gasteiger partial charge in [0.25, 0.3) is 5.91 Å². The minimum absolute atomic E-state index is 0.0896. The van der Waals surface area contributed by atoms with E-state index in [0.29, 0.717) is 35.8 Å². The van der Waals surface area contributed by atoms with Crippen molar-refractivity contribution in [1.82, 2.24) is 9.88 Å². The summed E-state index contributed by atoms with van der Waals surface area (Å²) in [6.07, 6.45) is 5.95. The number of fused-ring (bicyclic) bond motifs is 2. The molecule has 2 aromatic carbocycles. The number of amides is 2. The average Bonchev–Trinajstić information content (AvgIpc) is 3.51. The molecule has 1 aliphatic rings. The van der Waals surface area contributed by atoms with E-state index in [4.69, 9.17) is 4.74 Å². The van der Waals surface area contributed by atoms with E-state index in [1.807, 2.05) is 62.5 Å². The number of hydrogen-bond donors (Lipinski definition) is 2. The molecule has 0 saturated carbocycles. The van der Waals surface area contributed by atoms with Gasteiger partial charge in [0.1, 0.15) is 5.00 Å². The van der Waals surface area contributed by atoms with E-state index in [-0.39, 0.29) is 23.5 Å². The summed E-state index contributed by atoms with van der Waals surface area (Å²) in [5.41, 5.74) is 5.53. The van der Waals surface area contributed by atoms with Crippen LogP contribution in [-0.2, 0) is 28.9 Å². The highest BCUT2D eigenvalue weighted by atomic mass is 32.2. The highest BCUT2D eigenvalue weighted by molar-refractivity contribution is 8.00. The number of hydrogen-bond acceptors (Lipinski definition) is 6. The number of nitrogens with zero attached hydrogens (tertiary/aromatic N) is 1. The first-order valence-electron chi connectivity index (χ1n) is 14.0. The van der Waals surface area contributed by atoms with Gasteiger partial charge in [0.15, 0.2) is 0 Å². The topological polar surface area (TPSA) is 89.4 Å². The Labute approximate surface area is 248 Å². The van der Waals surface area contributed by atoms with Crippen LogP contribution in [0.3, 0.4) is 0 Å². The van der Waals surface area contributed by atoms with Gasteiger partial charge in [-0.3, -0.25) is 9.59 Å². The van der Waals surface area contributed by atoms with E-state index < -0.39 is 0 Å². The lowest BCUT2D eigenvalue weighted by Gasteiger charge is -2.12. The molecular formula is C32H35N3O4S2. The molecule has 0 fully saturated rings. The number of rotatable bonds is 10. The number of ether oxygens (including phenoxy) is 1. The van der Waals surface area contributed by atoms with Crippen LogP contribution in [0, 0.1) is 13.8 Å². The van der Waals surface area contributed by atoms with E-state index in [1.165, 1.54) is 28.0 Å². The minimum Gasteiger partial charge on any atom is -0.462 e. The molecule has 0 saturated heterocycles. The number of nitrogens with one attached hydrogen (secondary N) is 2. The molecule has 2 heterocycles. The Kier molecular flexibility index (Phi) is 9.15. The summed E-state index contributed by atoms with van der Waals surface area (Å²) in [5, 5.41) is 7.69. The molecule has 0 unspecified atom stereocenters. The van der Waals surface area contributed by atoms with Crippen molar-refractivity contribution < 1.29 is 19.1 Å². The van der Waals surface area contributed by atoms with Crippen molar-refractivity contribution in [3.8, 4) is 0 Å². The lowest BCUT2D eigenvalue weighted by Crippen LogP contribution is -2.27. The Morgan fingerprint density at radius 1 is 1.05 bits per heavy atom. The van der Waals surface area contributed by atoms with Crippen LogP contribution in [0.4, 0.5) is 5.00 Å². The molecule has 0 radical (unpaired) electrons. The molecule has 2 N–H and O–H groups in total. The van der Waals surface area contributed by atoms with Crippen molar-refractivity contribution in [2.24, 2.45) is 0 Å². The summed E-state index contributed by atoms with van der Waals surface area (Å²) in [5.74, 6) is -0.394. The van der Waals surface area contributed by atoms with Crippen LogP contribution in [0.2, 0.25) is 0 Å². The van der Waals surface area contributed by atoms with Gasteiger partial charge in [-0.15, -0.1) is 23.1 Å². The Balaban J connectivity index is 1.24. The fourth-order valence-corrected chi connectivity index (χ4v) is 7.35. The Morgan fingerprint density at radius 2 is 1.85 bits per heavy atom. The van der Waals surface area contributed by atoms with Crippen LogP contribution in [0.1, 0.15) is 62.0 Å². The van der Waals surface area contributed by atoms with E-state index in [2.05, 4.69) is 15.2 Å². The predicted molar refractivity (Wildman–Crippen MR) is 166 cm³/mol. The van der Waals surface area contributed by atoms with Crippen LogP contribution < -0.4 is 10.6 Å². The minimum atomic E-state index is -0.359. The number of esters is 1. The highest BCUT2D eigenvalue weighted by Gasteiger charge is 2.27. The third kappa shape index (κ3) is 6.52. The number of thioether (sulfide) groups is 1. The summed E-state index contributed by atoms with van der Waals surface area (Å²) < 4.78 is 7.43. The second-order valence-corrected chi connectivity index (χ2v) is 12.4. The molecular weight excluding hydrogens is 555 g/mol. The van der Waals surface area contributed by atoms with Gasteiger partial charge in [0.05, 0.1) is 17.9 Å². The number of carbonyl (C=O) groups is 3. The zero-order valence-corrected chi connectivity index (χ0v) is 25.3. The lowest BCUT2D eigenvalue weighted by atomic mass is 9.95. The lowest BCUT2D eigenvalue weighted by molar-refractivity contribution is -0.113. The number of thiophene rings is 1. The molecule has 2 aromatic heterocycles. The number of anilines is 1. The van der Waals surface area contributed by atoms with Gasteiger partial charge in [-0.2, -0.15) is 0 Å². The molecule has 0 atom stereocenters. The number of para-hydroxylation sites is 1. The molecule has 5 rings (SSSR count). The molecule has 214 valence electrons. The number of aromatic nitrogens is 1. The van der Waals surface area contributed by atoms with E-state index in [0.717, 1.165) is 58.2 Å². The SMILES string of the molecule is CCOC(=O)c1c(NC(=O)CSc2cn(CCNC(=O)c3ccc(C)c(C)c3)c3ccccc23)sc2c1CCCC2. The van der Waals surface area contributed by atoms with Crippen molar-refractivity contribution in [3.63, 3.8) is 0 Å². The standard InChI is InChI=1S/C32H35N3O4S2/c1-4-39-32(38)29-24-10-6-8-12-26(24)41-31(29)34-28(36)19-40-27-18-35(25-11-7-5-9-23(25)27)16-15-33-30(37)22-14-13-20(2)21(3)17-22/h5,7,9,11,13-14,17-18H,4,6,8,10,12,15-16,19H2,1-3H3,(H,33,37)(H,34,36). The van der Waals surface area contributed by atoms with Gasteiger partial charge >= 0.3 is 5.97 Å². The third-order valence-electron chi connectivity index (χ3n) is 7.42. The summed E-state index contributed by atoms with van der Waals surface area (Å²) in [7, 11) is 0. The van der Waals surface area contributed by atoms with Gasteiger partial charge in [0.2, 0.25) is 5.91 Å². The van der Waals surface area contributed by atoms with Crippen molar-refractivity contribution in [3.05, 3.63) is 81.4 Å². The fourth-order valence-electron chi connectivity index (χ4n) is 5.17. The second-order valence-electron chi connectivity index (χ2n) is 10.2. The molecule has 2 amide bonds. The van der Waals surface area contributed by atoms with Crippen LogP contribution in [0.25, 0.3) is 10.9 Å². The summed E-state index contributed by atoms with van der Waals surface area (Å²) in [6.45, 7) is 7.21. The van der Waals surface area contributed by atoms with Crippen LogP contribution in [-0.4, -0.2) is 41.3 Å². The first kappa shape index (κ1) is 29.0. The van der Waals surface area contributed by atoms with Gasteiger partial charge in [-0.25, -0.2) is 4.79 Å². The van der Waals surface area contributed by atoms with Crippen molar-refractivity contribution >= 4 is 56.8 Å². The zero-order chi connectivity index (χ0) is 28.9. The molecule has 41 heavy (non-hydrogen) atoms. The zero-order valence-electron chi connectivity index (χ0n) is 23.7. The molecule has 7 nitrogen and oxygen atoms in total. The quantitative estimate of drug-likeness (QED) is 0.162. The van der Waals surface area contributed by atoms with Crippen LogP contribution >= 0.6 is 23.1 Å². The van der Waals surface area contributed by atoms with Crippen LogP contribution in [0.15, 0.2) is 53.6 Å². The largest absolute Gasteiger partial charge is 0.462 e. The van der Waals surface area contributed by atoms with E-state index >= 15 is 0 Å². The second kappa shape index (κ2) is 13.0. The maximum absolute atomic E-state index is 13.1. The summed E-state index contributed by atoms with van der Waals surface area (Å²) in [6, 6.07) is 13.8. The summed E-state index contributed by atoms with van der Waals surface area (Å²) in [4.78, 5) is 40.6. The van der Waals surface area contributed by atoms with Gasteiger partial charge in [-0.05, 0) is 81.3 Å². The van der Waals surface area contributed by atoms with Crippen molar-refractivity contribution in [2.45, 2.75) is 57.9 Å². The molecule has 0 spiro atoms. The van der Waals surface area contributed by atoms with Crippen LogP contribution in [0.5, 0.6) is 0 Å². The third-order valence-corrected chi connectivity index (χ3v) is 9.67. The van der Waals surface area contributed by atoms with E-state index in [9.17, 15) is 14.4 Å². The first-order valence-corrected chi connectivity index (χ1v) is 15.8. The Bertz CT molecular complexity index is 1600. The first-order chi connectivity index (χ1) is 19.9. The smallest absolute Gasteiger partial charge is 0.341 e. The molecule has 0 bridgehead atoms. The number of carbonyl (C=O) groups excluding carboxylic acids is 3. The molecule has 9 heteroatoms. The highest BCUT2D eigenvalue weighted by Crippen LogP contribution is 2.39. The van der Waals surface area contributed by atoms with Crippen molar-refractivity contribution in [1.29, 1.82) is 0 Å². The molecule has 0 aliphatic heterocycles. The average molecular weight is 590 g/mol. The Hall–Kier alpha value is -3.56.